The number of ketones is 1. The highest BCUT2D eigenvalue weighted by atomic mass is 16.5. The monoisotopic (exact) mass is 297 g/mol. The molecule has 0 aliphatic heterocycles. The van der Waals surface area contributed by atoms with Gasteiger partial charge in [-0.25, -0.2) is 0 Å². The van der Waals surface area contributed by atoms with Crippen molar-refractivity contribution in [3.63, 3.8) is 0 Å². The van der Waals surface area contributed by atoms with Crippen molar-refractivity contribution in [2.75, 3.05) is 6.61 Å². The summed E-state index contributed by atoms with van der Waals surface area (Å²) < 4.78 is 5.55. The van der Waals surface area contributed by atoms with Gasteiger partial charge in [0.05, 0.1) is 0 Å². The van der Waals surface area contributed by atoms with Gasteiger partial charge in [-0.1, -0.05) is 49.4 Å². The first-order valence-electron chi connectivity index (χ1n) is 7.67. The van der Waals surface area contributed by atoms with Crippen molar-refractivity contribution in [2.24, 2.45) is 11.7 Å². The van der Waals surface area contributed by atoms with Gasteiger partial charge in [0.1, 0.15) is 12.4 Å². The van der Waals surface area contributed by atoms with Gasteiger partial charge in [0.2, 0.25) is 0 Å². The number of aryl methyl sites for hydroxylation is 1. The van der Waals surface area contributed by atoms with E-state index in [-0.39, 0.29) is 18.3 Å². The van der Waals surface area contributed by atoms with Crippen LogP contribution in [-0.4, -0.2) is 12.4 Å². The van der Waals surface area contributed by atoms with Gasteiger partial charge < -0.3 is 10.5 Å². The minimum Gasteiger partial charge on any atom is -0.486 e. The molecule has 3 heteroatoms. The molecule has 0 saturated carbocycles. The van der Waals surface area contributed by atoms with Gasteiger partial charge in [-0.15, -0.1) is 0 Å². The van der Waals surface area contributed by atoms with Crippen molar-refractivity contribution in [2.45, 2.75) is 26.3 Å². The van der Waals surface area contributed by atoms with Crippen LogP contribution >= 0.6 is 0 Å². The Kier molecular flexibility index (Phi) is 6.16. The Hall–Kier alpha value is -2.13. The number of Topliss-reactive ketones (excluding diaryl/α,β-unsaturated/α-hetero) is 1. The van der Waals surface area contributed by atoms with Crippen LogP contribution in [-0.2, 0) is 17.8 Å². The second kappa shape index (κ2) is 8.35. The molecule has 0 bridgehead atoms. The van der Waals surface area contributed by atoms with E-state index in [2.05, 4.69) is 12.1 Å². The van der Waals surface area contributed by atoms with E-state index in [0.29, 0.717) is 12.3 Å². The Balaban J connectivity index is 1.76. The van der Waals surface area contributed by atoms with Crippen molar-refractivity contribution < 1.29 is 9.53 Å². The van der Waals surface area contributed by atoms with Crippen molar-refractivity contribution in [1.82, 2.24) is 0 Å². The molecule has 2 aromatic carbocycles. The van der Waals surface area contributed by atoms with Crippen LogP contribution < -0.4 is 10.5 Å². The molecule has 0 saturated heterocycles. The van der Waals surface area contributed by atoms with Gasteiger partial charge in [-0.05, 0) is 36.1 Å². The van der Waals surface area contributed by atoms with Crippen LogP contribution in [0.3, 0.4) is 0 Å². The zero-order valence-electron chi connectivity index (χ0n) is 13.0. The third-order valence-electron chi connectivity index (χ3n) is 3.80. The van der Waals surface area contributed by atoms with E-state index in [1.54, 1.807) is 0 Å². The minimum absolute atomic E-state index is 0.00326. The lowest BCUT2D eigenvalue weighted by Gasteiger charge is -2.12. The molecule has 0 unspecified atom stereocenters. The minimum atomic E-state index is 0.00326. The molecule has 0 spiro atoms. The maximum Gasteiger partial charge on any atom is 0.172 e. The summed E-state index contributed by atoms with van der Waals surface area (Å²) in [5.41, 5.74) is 7.86. The highest BCUT2D eigenvalue weighted by Crippen LogP contribution is 2.14. The fourth-order valence-corrected chi connectivity index (χ4v) is 2.21. The summed E-state index contributed by atoms with van der Waals surface area (Å²) in [5, 5.41) is 0. The first kappa shape index (κ1) is 16.2. The fourth-order valence-electron chi connectivity index (χ4n) is 2.21. The number of benzene rings is 2. The lowest BCUT2D eigenvalue weighted by atomic mass is 9.98. The molecule has 0 radical (unpaired) electrons. The van der Waals surface area contributed by atoms with E-state index in [1.165, 1.54) is 5.56 Å². The molecule has 2 rings (SSSR count). The van der Waals surface area contributed by atoms with Crippen LogP contribution in [0.2, 0.25) is 0 Å². The molecule has 2 aromatic rings. The molecule has 22 heavy (non-hydrogen) atoms. The smallest absolute Gasteiger partial charge is 0.172 e. The quantitative estimate of drug-likeness (QED) is 0.813. The molecular formula is C19H23NO2. The van der Waals surface area contributed by atoms with Crippen LogP contribution in [0.1, 0.15) is 24.5 Å². The predicted molar refractivity (Wildman–Crippen MR) is 88.8 cm³/mol. The molecule has 0 fully saturated rings. The lowest BCUT2D eigenvalue weighted by molar-refractivity contribution is -0.124. The van der Waals surface area contributed by atoms with E-state index in [1.807, 2.05) is 49.4 Å². The second-order valence-electron chi connectivity index (χ2n) is 5.53. The number of carbonyl (C=O) groups excluding carboxylic acids is 1. The molecule has 2 N–H and O–H groups in total. The molecule has 0 amide bonds. The van der Waals surface area contributed by atoms with E-state index < -0.39 is 0 Å². The number of nitrogens with two attached hydrogens (primary N) is 1. The lowest BCUT2D eigenvalue weighted by Crippen LogP contribution is -2.19. The molecule has 0 aromatic heterocycles. The summed E-state index contributed by atoms with van der Waals surface area (Å²) >= 11 is 0. The summed E-state index contributed by atoms with van der Waals surface area (Å²) in [6.07, 6.45) is 1.76. The second-order valence-corrected chi connectivity index (χ2v) is 5.53. The number of hydrogen-bond donors (Lipinski definition) is 1. The molecule has 1 atom stereocenters. The Bertz CT molecular complexity index is 578. The SMILES string of the molecule is C[C@H](CCc1ccccc1)C(=O)COc1ccc(CN)cc1. The molecule has 0 aliphatic rings. The Morgan fingerprint density at radius 1 is 1.05 bits per heavy atom. The van der Waals surface area contributed by atoms with E-state index >= 15 is 0 Å². The van der Waals surface area contributed by atoms with E-state index in [9.17, 15) is 4.79 Å². The van der Waals surface area contributed by atoms with Crippen molar-refractivity contribution >= 4 is 5.78 Å². The van der Waals surface area contributed by atoms with Crippen LogP contribution in [0, 0.1) is 5.92 Å². The average molecular weight is 297 g/mol. The van der Waals surface area contributed by atoms with Gasteiger partial charge in [-0.3, -0.25) is 4.79 Å². The van der Waals surface area contributed by atoms with Crippen LogP contribution in [0.15, 0.2) is 54.6 Å². The molecule has 0 heterocycles. The maximum absolute atomic E-state index is 12.1. The molecule has 0 aliphatic carbocycles. The first-order chi connectivity index (χ1) is 10.7. The summed E-state index contributed by atoms with van der Waals surface area (Å²) in [6, 6.07) is 17.8. The highest BCUT2D eigenvalue weighted by Gasteiger charge is 2.13. The Labute approximate surface area is 132 Å². The van der Waals surface area contributed by atoms with E-state index in [0.717, 1.165) is 18.4 Å². The third-order valence-corrected chi connectivity index (χ3v) is 3.80. The summed E-state index contributed by atoms with van der Waals surface area (Å²) in [5.74, 6) is 0.850. The predicted octanol–water partition coefficient (Wildman–Crippen LogP) is 3.36. The van der Waals surface area contributed by atoms with Gasteiger partial charge in [0, 0.05) is 12.5 Å². The average Bonchev–Trinajstić information content (AvgIpc) is 2.58. The number of carbonyl (C=O) groups is 1. The van der Waals surface area contributed by atoms with Crippen LogP contribution in [0.5, 0.6) is 5.75 Å². The van der Waals surface area contributed by atoms with Gasteiger partial charge >= 0.3 is 0 Å². The number of rotatable bonds is 8. The van der Waals surface area contributed by atoms with Crippen LogP contribution in [0.25, 0.3) is 0 Å². The zero-order chi connectivity index (χ0) is 15.8. The maximum atomic E-state index is 12.1. The highest BCUT2D eigenvalue weighted by molar-refractivity contribution is 5.82. The summed E-state index contributed by atoms with van der Waals surface area (Å²) in [4.78, 5) is 12.1. The van der Waals surface area contributed by atoms with Crippen LogP contribution in [0.4, 0.5) is 0 Å². The largest absolute Gasteiger partial charge is 0.486 e. The van der Waals surface area contributed by atoms with E-state index in [4.69, 9.17) is 10.5 Å². The van der Waals surface area contributed by atoms with Gasteiger partial charge in [0.25, 0.3) is 0 Å². The normalized spacial score (nSPS) is 11.9. The molecule has 3 nitrogen and oxygen atoms in total. The standard InChI is InChI=1S/C19H23NO2/c1-15(7-8-16-5-3-2-4-6-16)19(21)14-22-18-11-9-17(13-20)10-12-18/h2-6,9-12,15H,7-8,13-14,20H2,1H3/t15-/m1/s1. The number of ether oxygens (including phenoxy) is 1. The fraction of sp³-hybridized carbons (Fsp3) is 0.316. The van der Waals surface area contributed by atoms with Crippen molar-refractivity contribution in [3.8, 4) is 5.75 Å². The third kappa shape index (κ3) is 5.01. The zero-order valence-corrected chi connectivity index (χ0v) is 13.0. The van der Waals surface area contributed by atoms with Crippen molar-refractivity contribution in [3.05, 3.63) is 65.7 Å². The number of hydrogen-bond acceptors (Lipinski definition) is 3. The Morgan fingerprint density at radius 3 is 2.36 bits per heavy atom. The van der Waals surface area contributed by atoms with Crippen molar-refractivity contribution in [1.29, 1.82) is 0 Å². The van der Waals surface area contributed by atoms with Gasteiger partial charge in [0.15, 0.2) is 5.78 Å². The Morgan fingerprint density at radius 2 is 1.73 bits per heavy atom. The summed E-state index contributed by atoms with van der Waals surface area (Å²) in [6.45, 7) is 2.60. The van der Waals surface area contributed by atoms with Gasteiger partial charge in [-0.2, -0.15) is 0 Å². The topological polar surface area (TPSA) is 52.3 Å². The molecule has 116 valence electrons. The first-order valence-corrected chi connectivity index (χ1v) is 7.67. The summed E-state index contributed by atoms with van der Waals surface area (Å²) in [7, 11) is 0. The molecular weight excluding hydrogens is 274 g/mol.